The zero-order valence-electron chi connectivity index (χ0n) is 27.8. The van der Waals surface area contributed by atoms with E-state index >= 15 is 0 Å². The second kappa shape index (κ2) is 10.4. The Morgan fingerprint density at radius 2 is 1.53 bits per heavy atom. The maximum Gasteiger partial charge on any atom is 0.407 e. The van der Waals surface area contributed by atoms with Crippen molar-refractivity contribution in [2.24, 2.45) is 62.6 Å². The Bertz CT molecular complexity index is 1150. The number of carboxylic acids is 1. The molecular weight excluding hydrogens is 542 g/mol. The number of ether oxygens (including phenoxy) is 2. The summed E-state index contributed by atoms with van der Waals surface area (Å²) in [4.78, 5) is 37.8. The number of carboxylic acid groups (broad SMARTS) is 1. The molecule has 0 aromatic rings. The SMILES string of the molecule is CC(C)[C@@H]1CC[C@]2(C(=O)OCC(=O)O)CC[C@]3(C)[C@H](CC[C@@H]4[C@@]5(C)CC[C@@H](OC(=O)NC6CC6)C(C)(C)[C@@H]5CC[C@]43C)[C@@H]12. The van der Waals surface area contributed by atoms with Gasteiger partial charge < -0.3 is 19.9 Å². The summed E-state index contributed by atoms with van der Waals surface area (Å²) >= 11 is 0. The Morgan fingerprint density at radius 3 is 2.19 bits per heavy atom. The van der Waals surface area contributed by atoms with Crippen molar-refractivity contribution < 1.29 is 29.0 Å². The third-order valence-electron chi connectivity index (χ3n) is 15.2. The molecule has 0 saturated heterocycles. The molecule has 7 heteroatoms. The summed E-state index contributed by atoms with van der Waals surface area (Å²) < 4.78 is 11.7. The number of alkyl carbamates (subject to hydrolysis) is 1. The van der Waals surface area contributed by atoms with Crippen LogP contribution in [0.15, 0.2) is 0 Å². The second-order valence-corrected chi connectivity index (χ2v) is 17.4. The third kappa shape index (κ3) is 4.58. The zero-order chi connectivity index (χ0) is 31.2. The van der Waals surface area contributed by atoms with E-state index in [1.807, 2.05) is 0 Å². The number of carbonyl (C=O) groups excluding carboxylic acids is 2. The largest absolute Gasteiger partial charge is 0.479 e. The van der Waals surface area contributed by atoms with Gasteiger partial charge in [0.15, 0.2) is 6.61 Å². The number of aliphatic carboxylic acids is 1. The first-order valence-corrected chi connectivity index (χ1v) is 17.5. The summed E-state index contributed by atoms with van der Waals surface area (Å²) in [5.74, 6) is 1.38. The lowest BCUT2D eigenvalue weighted by molar-refractivity contribution is -0.250. The summed E-state index contributed by atoms with van der Waals surface area (Å²) in [7, 11) is 0. The van der Waals surface area contributed by atoms with Gasteiger partial charge in [0, 0.05) is 11.5 Å². The number of hydrogen-bond acceptors (Lipinski definition) is 5. The van der Waals surface area contributed by atoms with E-state index in [1.165, 1.54) is 12.8 Å². The highest BCUT2D eigenvalue weighted by molar-refractivity contribution is 5.81. The molecule has 0 aliphatic heterocycles. The average molecular weight is 600 g/mol. The molecule has 10 atom stereocenters. The van der Waals surface area contributed by atoms with Crippen molar-refractivity contribution in [1.82, 2.24) is 5.32 Å². The topological polar surface area (TPSA) is 102 Å². The highest BCUT2D eigenvalue weighted by atomic mass is 16.6. The van der Waals surface area contributed by atoms with Crippen LogP contribution in [-0.2, 0) is 19.1 Å². The number of nitrogens with one attached hydrogen (secondary N) is 1. The minimum absolute atomic E-state index is 0.0574. The quantitative estimate of drug-likeness (QED) is 0.305. The van der Waals surface area contributed by atoms with E-state index in [0.717, 1.165) is 64.2 Å². The molecule has 43 heavy (non-hydrogen) atoms. The summed E-state index contributed by atoms with van der Waals surface area (Å²) in [5.41, 5.74) is -0.173. The van der Waals surface area contributed by atoms with Gasteiger partial charge in [-0.25, -0.2) is 9.59 Å². The van der Waals surface area contributed by atoms with Crippen molar-refractivity contribution >= 4 is 18.0 Å². The molecule has 0 radical (unpaired) electrons. The van der Waals surface area contributed by atoms with Gasteiger partial charge in [-0.15, -0.1) is 0 Å². The zero-order valence-corrected chi connectivity index (χ0v) is 27.8. The van der Waals surface area contributed by atoms with E-state index in [2.05, 4.69) is 53.8 Å². The fraction of sp³-hybridized carbons (Fsp3) is 0.917. The number of rotatable bonds is 6. The molecule has 2 N–H and O–H groups in total. The van der Waals surface area contributed by atoms with Crippen LogP contribution in [0.3, 0.4) is 0 Å². The molecule has 0 spiro atoms. The van der Waals surface area contributed by atoms with Crippen LogP contribution in [-0.4, -0.2) is 41.9 Å². The van der Waals surface area contributed by atoms with Crippen LogP contribution in [0.1, 0.15) is 126 Å². The lowest BCUT2D eigenvalue weighted by atomic mass is 9.32. The maximum absolute atomic E-state index is 13.8. The third-order valence-corrected chi connectivity index (χ3v) is 15.2. The van der Waals surface area contributed by atoms with Crippen molar-refractivity contribution in [2.75, 3.05) is 6.61 Å². The van der Waals surface area contributed by atoms with Crippen molar-refractivity contribution in [3.05, 3.63) is 0 Å². The van der Waals surface area contributed by atoms with E-state index in [0.29, 0.717) is 35.6 Å². The molecule has 6 rings (SSSR count). The standard InChI is InChI=1S/C36H57NO6/c1-21(2)23-12-17-36(30(40)42-20-28(38)39)19-18-34(6)24(29(23)36)10-11-26-33(5)15-14-27(43-31(41)37-22-8-9-22)32(3,4)25(33)13-16-35(26,34)7/h21-27,29H,8-20H2,1-7H3,(H,37,41)(H,38,39)/t23-,24+,25-,26+,27+,29+,33-,34+,35+,36-/m0/s1. The molecule has 7 nitrogen and oxygen atoms in total. The van der Waals surface area contributed by atoms with E-state index in [4.69, 9.17) is 9.47 Å². The number of esters is 1. The van der Waals surface area contributed by atoms with Gasteiger partial charge in [-0.2, -0.15) is 0 Å². The number of carbonyl (C=O) groups is 3. The fourth-order valence-electron chi connectivity index (χ4n) is 12.8. The fourth-order valence-corrected chi connectivity index (χ4v) is 12.8. The molecule has 0 bridgehead atoms. The van der Waals surface area contributed by atoms with E-state index in [9.17, 15) is 19.5 Å². The van der Waals surface area contributed by atoms with Crippen LogP contribution >= 0.6 is 0 Å². The first kappa shape index (κ1) is 31.2. The smallest absolute Gasteiger partial charge is 0.407 e. The molecule has 6 saturated carbocycles. The lowest BCUT2D eigenvalue weighted by Crippen LogP contribution is -2.67. The van der Waals surface area contributed by atoms with Gasteiger partial charge in [-0.1, -0.05) is 48.5 Å². The molecule has 0 unspecified atom stereocenters. The summed E-state index contributed by atoms with van der Waals surface area (Å²) in [6, 6.07) is 0.305. The predicted octanol–water partition coefficient (Wildman–Crippen LogP) is 7.61. The first-order valence-electron chi connectivity index (χ1n) is 17.5. The molecule has 242 valence electrons. The minimum atomic E-state index is -1.08. The van der Waals surface area contributed by atoms with Crippen molar-refractivity contribution in [1.29, 1.82) is 0 Å². The number of fused-ring (bicyclic) bond motifs is 7. The van der Waals surface area contributed by atoms with Crippen LogP contribution in [0, 0.1) is 62.6 Å². The molecule has 0 aromatic heterocycles. The van der Waals surface area contributed by atoms with E-state index in [1.54, 1.807) is 0 Å². The minimum Gasteiger partial charge on any atom is -0.479 e. The first-order chi connectivity index (χ1) is 20.1. The Morgan fingerprint density at radius 1 is 0.814 bits per heavy atom. The molecule has 0 aromatic carbocycles. The van der Waals surface area contributed by atoms with E-state index < -0.39 is 18.0 Å². The molecular formula is C36H57NO6. The summed E-state index contributed by atoms with van der Waals surface area (Å²) in [6.45, 7) is 16.5. The van der Waals surface area contributed by atoms with Gasteiger partial charge >= 0.3 is 18.0 Å². The van der Waals surface area contributed by atoms with Gasteiger partial charge in [0.05, 0.1) is 5.41 Å². The summed E-state index contributed by atoms with van der Waals surface area (Å²) in [5, 5.41) is 12.3. The van der Waals surface area contributed by atoms with Crippen molar-refractivity contribution in [3.63, 3.8) is 0 Å². The van der Waals surface area contributed by atoms with Crippen LogP contribution in [0.25, 0.3) is 0 Å². The van der Waals surface area contributed by atoms with Crippen LogP contribution < -0.4 is 5.32 Å². The van der Waals surface area contributed by atoms with Gasteiger partial charge in [-0.05, 0) is 129 Å². The van der Waals surface area contributed by atoms with Crippen molar-refractivity contribution in [2.45, 2.75) is 138 Å². The van der Waals surface area contributed by atoms with Crippen LogP contribution in [0.2, 0.25) is 0 Å². The maximum atomic E-state index is 13.8. The monoisotopic (exact) mass is 599 g/mol. The van der Waals surface area contributed by atoms with Crippen molar-refractivity contribution in [3.8, 4) is 0 Å². The van der Waals surface area contributed by atoms with Gasteiger partial charge in [0.2, 0.25) is 0 Å². The van der Waals surface area contributed by atoms with Gasteiger partial charge in [0.25, 0.3) is 0 Å². The Balaban J connectivity index is 1.28. The number of amides is 1. The second-order valence-electron chi connectivity index (χ2n) is 17.4. The van der Waals surface area contributed by atoms with Gasteiger partial charge in [-0.3, -0.25) is 4.79 Å². The molecule has 6 aliphatic carbocycles. The Labute approximate surface area is 259 Å². The Hall–Kier alpha value is -1.79. The number of hydrogen-bond donors (Lipinski definition) is 2. The summed E-state index contributed by atoms with van der Waals surface area (Å²) in [6.07, 6.45) is 12.1. The predicted molar refractivity (Wildman–Crippen MR) is 164 cm³/mol. The molecule has 6 fully saturated rings. The average Bonchev–Trinajstić information content (AvgIpc) is 3.64. The molecule has 0 heterocycles. The van der Waals surface area contributed by atoms with Gasteiger partial charge in [0.1, 0.15) is 6.10 Å². The molecule has 1 amide bonds. The highest BCUT2D eigenvalue weighted by Crippen LogP contribution is 2.77. The highest BCUT2D eigenvalue weighted by Gasteiger charge is 2.72. The van der Waals surface area contributed by atoms with E-state index in [-0.39, 0.29) is 45.7 Å². The Kier molecular flexibility index (Phi) is 7.53. The normalized spacial score (nSPS) is 46.5. The molecule has 6 aliphatic rings. The lowest BCUT2D eigenvalue weighted by Gasteiger charge is -2.72. The van der Waals surface area contributed by atoms with Crippen LogP contribution in [0.4, 0.5) is 4.79 Å². The van der Waals surface area contributed by atoms with Crippen LogP contribution in [0.5, 0.6) is 0 Å².